The summed E-state index contributed by atoms with van der Waals surface area (Å²) in [5, 5.41) is 14.0. The van der Waals surface area contributed by atoms with Gasteiger partial charge in [0.25, 0.3) is 5.91 Å². The molecule has 182 valence electrons. The number of oxime groups is 1. The summed E-state index contributed by atoms with van der Waals surface area (Å²) in [5.41, 5.74) is 13.2. The van der Waals surface area contributed by atoms with Crippen molar-refractivity contribution in [2.45, 2.75) is 0 Å². The largest absolute Gasteiger partial charge is 0.393 e. The maximum absolute atomic E-state index is 12.8. The maximum Gasteiger partial charge on any atom is 0.258 e. The van der Waals surface area contributed by atoms with Gasteiger partial charge in [0.2, 0.25) is 0 Å². The van der Waals surface area contributed by atoms with Gasteiger partial charge in [0, 0.05) is 34.0 Å². The molecule has 11 nitrogen and oxygen atoms in total. The second-order valence-corrected chi connectivity index (χ2v) is 7.48. The zero-order chi connectivity index (χ0) is 24.3. The third kappa shape index (κ3) is 6.17. The van der Waals surface area contributed by atoms with Gasteiger partial charge in [-0.05, 0) is 17.7 Å². The van der Waals surface area contributed by atoms with Crippen molar-refractivity contribution in [1.82, 2.24) is 0 Å². The molecule has 4 rings (SSSR count). The predicted molar refractivity (Wildman–Crippen MR) is 131 cm³/mol. The Labute approximate surface area is 202 Å². The molecule has 11 heteroatoms. The normalized spacial score (nSPS) is 16.9. The Kier molecular flexibility index (Phi) is 8.68. The zero-order valence-electron chi connectivity index (χ0n) is 19.1. The van der Waals surface area contributed by atoms with Crippen LogP contribution in [-0.4, -0.2) is 64.4 Å². The number of hydrogen-bond donors (Lipinski definition) is 2. The van der Waals surface area contributed by atoms with Crippen LogP contribution < -0.4 is 10.6 Å². The van der Waals surface area contributed by atoms with Crippen LogP contribution in [0.5, 0.6) is 0 Å². The summed E-state index contributed by atoms with van der Waals surface area (Å²) >= 11 is 0. The lowest BCUT2D eigenvalue weighted by Gasteiger charge is -2.08. The van der Waals surface area contributed by atoms with E-state index in [1.807, 2.05) is 48.5 Å². The lowest BCUT2D eigenvalue weighted by atomic mass is 10.0. The van der Waals surface area contributed by atoms with Crippen LogP contribution in [0.1, 0.15) is 11.1 Å². The molecule has 2 aliphatic rings. The molecule has 0 saturated carbocycles. The van der Waals surface area contributed by atoms with E-state index in [-0.39, 0.29) is 12.5 Å². The fourth-order valence-electron chi connectivity index (χ4n) is 3.67. The van der Waals surface area contributed by atoms with E-state index >= 15 is 0 Å². The number of anilines is 2. The number of para-hydroxylation sites is 2. The number of rotatable bonds is 13. The molecule has 2 heterocycles. The summed E-state index contributed by atoms with van der Waals surface area (Å²) in [5.74, 6) is -0.182. The molecule has 2 aromatic carbocycles. The van der Waals surface area contributed by atoms with Crippen LogP contribution in [0.15, 0.2) is 64.5 Å². The molecule has 0 radical (unpaired) electrons. The highest BCUT2D eigenvalue weighted by Crippen LogP contribution is 2.38. The summed E-state index contributed by atoms with van der Waals surface area (Å²) in [6, 6.07) is 15.3. The van der Waals surface area contributed by atoms with Gasteiger partial charge in [0.1, 0.15) is 12.3 Å². The summed E-state index contributed by atoms with van der Waals surface area (Å²) in [7, 11) is 0. The van der Waals surface area contributed by atoms with E-state index < -0.39 is 0 Å². The standard InChI is InChI=1S/C24H26N6O5/c25-30-26-9-10-32-11-12-33-13-14-34-15-16-35-29-22-18-6-2-4-8-20(18)27-23(22)21-17-5-1-3-7-19(17)28-24(21)31/h1-8,27H,9-16H2,(H,28,31)/b23-21-,29-22+. The third-order valence-corrected chi connectivity index (χ3v) is 5.22. The molecule has 0 aliphatic carbocycles. The number of carbonyl (C=O) groups excluding carboxylic acids is 1. The number of ether oxygens (including phenoxy) is 3. The van der Waals surface area contributed by atoms with E-state index in [1.54, 1.807) is 0 Å². The molecule has 0 saturated heterocycles. The fraction of sp³-hybridized carbons (Fsp3) is 0.333. The molecule has 0 aromatic heterocycles. The van der Waals surface area contributed by atoms with Crippen molar-refractivity contribution in [2.75, 3.05) is 63.4 Å². The highest BCUT2D eigenvalue weighted by Gasteiger charge is 2.34. The zero-order valence-corrected chi connectivity index (χ0v) is 19.1. The Morgan fingerprint density at radius 2 is 1.37 bits per heavy atom. The molecule has 35 heavy (non-hydrogen) atoms. The number of benzene rings is 2. The number of allylic oxidation sites excluding steroid dienone is 1. The Hall–Kier alpha value is -3.89. The van der Waals surface area contributed by atoms with Gasteiger partial charge in [0.15, 0.2) is 0 Å². The SMILES string of the molecule is [N-]=[N+]=NCCOCCOCCOCCO/N=C1/C(=C2/C(=O)Nc3ccccc32)Nc2ccccc21. The molecule has 0 unspecified atom stereocenters. The Morgan fingerprint density at radius 1 is 0.771 bits per heavy atom. The van der Waals surface area contributed by atoms with Gasteiger partial charge >= 0.3 is 0 Å². The predicted octanol–water partition coefficient (Wildman–Crippen LogP) is 3.56. The molecule has 0 bridgehead atoms. The van der Waals surface area contributed by atoms with E-state index in [1.165, 1.54) is 0 Å². The van der Waals surface area contributed by atoms with Gasteiger partial charge in [-0.15, -0.1) is 0 Å². The number of nitrogens with zero attached hydrogens (tertiary/aromatic N) is 4. The fourth-order valence-corrected chi connectivity index (χ4v) is 3.67. The van der Waals surface area contributed by atoms with E-state index in [0.717, 1.165) is 22.5 Å². The monoisotopic (exact) mass is 478 g/mol. The minimum atomic E-state index is -0.182. The number of nitrogens with one attached hydrogen (secondary N) is 2. The molecule has 2 N–H and O–H groups in total. The van der Waals surface area contributed by atoms with Gasteiger partial charge in [-0.1, -0.05) is 46.7 Å². The smallest absolute Gasteiger partial charge is 0.258 e. The Balaban J connectivity index is 1.27. The molecular formula is C24H26N6O5. The minimum absolute atomic E-state index is 0.182. The van der Waals surface area contributed by atoms with E-state index in [2.05, 4.69) is 25.8 Å². The van der Waals surface area contributed by atoms with Gasteiger partial charge in [0.05, 0.1) is 50.9 Å². The van der Waals surface area contributed by atoms with Crippen molar-refractivity contribution >= 4 is 28.6 Å². The first kappa shape index (κ1) is 24.2. The Morgan fingerprint density at radius 3 is 2.09 bits per heavy atom. The minimum Gasteiger partial charge on any atom is -0.393 e. The van der Waals surface area contributed by atoms with Gasteiger partial charge in [-0.25, -0.2) is 0 Å². The first-order valence-electron chi connectivity index (χ1n) is 11.3. The average molecular weight is 479 g/mol. The number of amides is 1. The summed E-state index contributed by atoms with van der Waals surface area (Å²) < 4.78 is 16.2. The van der Waals surface area contributed by atoms with Crippen molar-refractivity contribution in [2.24, 2.45) is 10.3 Å². The van der Waals surface area contributed by atoms with Crippen LogP contribution in [0.2, 0.25) is 0 Å². The number of azide groups is 1. The Bertz CT molecular complexity index is 1160. The summed E-state index contributed by atoms with van der Waals surface area (Å²) in [4.78, 5) is 20.9. The molecule has 0 spiro atoms. The van der Waals surface area contributed by atoms with Crippen LogP contribution in [0.3, 0.4) is 0 Å². The molecule has 0 fully saturated rings. The highest BCUT2D eigenvalue weighted by atomic mass is 16.6. The van der Waals surface area contributed by atoms with Gasteiger partial charge in [-0.2, -0.15) is 0 Å². The quantitative estimate of drug-likeness (QED) is 0.113. The molecule has 0 atom stereocenters. The van der Waals surface area contributed by atoms with Crippen LogP contribution in [-0.2, 0) is 23.8 Å². The van der Waals surface area contributed by atoms with E-state index in [0.29, 0.717) is 63.2 Å². The van der Waals surface area contributed by atoms with Crippen LogP contribution in [0.25, 0.3) is 16.0 Å². The number of fused-ring (bicyclic) bond motifs is 2. The topological polar surface area (TPSA) is 139 Å². The lowest BCUT2D eigenvalue weighted by Crippen LogP contribution is -2.14. The van der Waals surface area contributed by atoms with Crippen LogP contribution in [0, 0.1) is 0 Å². The van der Waals surface area contributed by atoms with Crippen LogP contribution >= 0.6 is 0 Å². The van der Waals surface area contributed by atoms with E-state index in [9.17, 15) is 4.79 Å². The van der Waals surface area contributed by atoms with Crippen molar-refractivity contribution in [3.8, 4) is 0 Å². The number of hydrogen-bond acceptors (Lipinski definition) is 8. The van der Waals surface area contributed by atoms with Crippen molar-refractivity contribution < 1.29 is 23.8 Å². The molecule has 2 aromatic rings. The van der Waals surface area contributed by atoms with Crippen molar-refractivity contribution in [3.05, 3.63) is 75.8 Å². The van der Waals surface area contributed by atoms with Gasteiger partial charge < -0.3 is 29.7 Å². The van der Waals surface area contributed by atoms with E-state index in [4.69, 9.17) is 24.6 Å². The average Bonchev–Trinajstić information content (AvgIpc) is 3.40. The first-order valence-corrected chi connectivity index (χ1v) is 11.3. The molecule has 1 amide bonds. The van der Waals surface area contributed by atoms with Crippen molar-refractivity contribution in [1.29, 1.82) is 0 Å². The highest BCUT2D eigenvalue weighted by molar-refractivity contribution is 6.39. The third-order valence-electron chi connectivity index (χ3n) is 5.22. The molecule has 2 aliphatic heterocycles. The maximum atomic E-state index is 12.8. The second kappa shape index (κ2) is 12.5. The summed E-state index contributed by atoms with van der Waals surface area (Å²) in [6.45, 7) is 2.98. The number of carbonyl (C=O) groups is 1. The second-order valence-electron chi connectivity index (χ2n) is 7.48. The van der Waals surface area contributed by atoms with Crippen LogP contribution in [0.4, 0.5) is 11.4 Å². The molecular weight excluding hydrogens is 452 g/mol. The summed E-state index contributed by atoms with van der Waals surface area (Å²) in [6.07, 6.45) is 0. The first-order chi connectivity index (χ1) is 17.3. The lowest BCUT2D eigenvalue weighted by molar-refractivity contribution is -0.110. The van der Waals surface area contributed by atoms with Gasteiger partial charge in [-0.3, -0.25) is 4.79 Å². The van der Waals surface area contributed by atoms with Crippen molar-refractivity contribution in [3.63, 3.8) is 0 Å².